The molecule has 2 atom stereocenters. The number of halogens is 1. The molecule has 0 saturated carbocycles. The van der Waals surface area contributed by atoms with E-state index in [-0.39, 0.29) is 18.4 Å². The Balaban J connectivity index is 1.76. The lowest BCUT2D eigenvalue weighted by Crippen LogP contribution is -2.43. The fourth-order valence-electron chi connectivity index (χ4n) is 3.83. The van der Waals surface area contributed by atoms with Gasteiger partial charge in [0.2, 0.25) is 0 Å². The number of ether oxygens (including phenoxy) is 2. The van der Waals surface area contributed by atoms with Crippen molar-refractivity contribution < 1.29 is 24.2 Å². The van der Waals surface area contributed by atoms with Crippen molar-refractivity contribution in [3.8, 4) is 5.75 Å². The molecule has 0 aliphatic carbocycles. The lowest BCUT2D eigenvalue weighted by Gasteiger charge is -2.27. The van der Waals surface area contributed by atoms with E-state index >= 15 is 0 Å². The summed E-state index contributed by atoms with van der Waals surface area (Å²) in [5.74, 6) is -0.459. The van der Waals surface area contributed by atoms with Gasteiger partial charge >= 0.3 is 12.1 Å². The van der Waals surface area contributed by atoms with Gasteiger partial charge in [-0.3, -0.25) is 4.90 Å². The van der Waals surface area contributed by atoms with Crippen LogP contribution < -0.4 is 4.74 Å². The summed E-state index contributed by atoms with van der Waals surface area (Å²) in [6, 6.07) is 15.2. The Morgan fingerprint density at radius 1 is 1.03 bits per heavy atom. The predicted molar refractivity (Wildman–Crippen MR) is 126 cm³/mol. The van der Waals surface area contributed by atoms with Crippen LogP contribution in [0.25, 0.3) is 0 Å². The molecule has 0 bridgehead atoms. The number of amides is 1. The Kier molecular flexibility index (Phi) is 6.89. The Bertz CT molecular complexity index is 984. The van der Waals surface area contributed by atoms with E-state index in [1.54, 1.807) is 20.8 Å². The van der Waals surface area contributed by atoms with Crippen LogP contribution in [-0.2, 0) is 14.9 Å². The first-order valence-electron chi connectivity index (χ1n) is 10.6. The van der Waals surface area contributed by atoms with Gasteiger partial charge in [-0.05, 0) is 60.0 Å². The molecule has 7 heteroatoms. The lowest BCUT2D eigenvalue weighted by atomic mass is 9.78. The minimum Gasteiger partial charge on any atom is -0.487 e. The van der Waals surface area contributed by atoms with E-state index in [0.717, 1.165) is 10.0 Å². The first kappa shape index (κ1) is 24.1. The second-order valence-corrected chi connectivity index (χ2v) is 10.5. The normalized spacial score (nSPS) is 19.0. The molecule has 2 aromatic rings. The molecule has 6 nitrogen and oxygen atoms in total. The molecule has 3 rings (SSSR count). The number of carbonyl (C=O) groups is 2. The van der Waals surface area contributed by atoms with Gasteiger partial charge in [0.1, 0.15) is 23.5 Å². The van der Waals surface area contributed by atoms with Crippen molar-refractivity contribution in [3.05, 3.63) is 64.1 Å². The van der Waals surface area contributed by atoms with E-state index in [2.05, 4.69) is 41.9 Å². The highest BCUT2D eigenvalue weighted by molar-refractivity contribution is 9.10. The van der Waals surface area contributed by atoms with Crippen LogP contribution in [0.5, 0.6) is 5.75 Å². The first-order valence-corrected chi connectivity index (χ1v) is 11.4. The SMILES string of the molecule is CC(C)(C)OC(=O)N1C[C@H](Oc2ccc(C(C)(C)c3ccccc3)cc2Br)C[C@@H]1C(=O)O. The number of hydrogen-bond acceptors (Lipinski definition) is 4. The van der Waals surface area contributed by atoms with Crippen molar-refractivity contribution >= 4 is 28.0 Å². The molecule has 1 heterocycles. The number of carboxylic acids is 1. The Morgan fingerprint density at radius 3 is 2.25 bits per heavy atom. The van der Waals surface area contributed by atoms with Crippen LogP contribution in [0.2, 0.25) is 0 Å². The molecule has 32 heavy (non-hydrogen) atoms. The van der Waals surface area contributed by atoms with E-state index in [0.29, 0.717) is 5.75 Å². The fourth-order valence-corrected chi connectivity index (χ4v) is 4.30. The lowest BCUT2D eigenvalue weighted by molar-refractivity contribution is -0.142. The Hall–Kier alpha value is -2.54. The highest BCUT2D eigenvalue weighted by Gasteiger charge is 2.42. The van der Waals surface area contributed by atoms with E-state index in [1.165, 1.54) is 10.5 Å². The van der Waals surface area contributed by atoms with Gasteiger partial charge in [0.15, 0.2) is 0 Å². The van der Waals surface area contributed by atoms with Gasteiger partial charge in [-0.25, -0.2) is 9.59 Å². The average Bonchev–Trinajstić information content (AvgIpc) is 3.13. The topological polar surface area (TPSA) is 76.1 Å². The largest absolute Gasteiger partial charge is 0.487 e. The van der Waals surface area contributed by atoms with E-state index in [9.17, 15) is 14.7 Å². The van der Waals surface area contributed by atoms with Gasteiger partial charge < -0.3 is 14.6 Å². The Labute approximate surface area is 197 Å². The van der Waals surface area contributed by atoms with Crippen molar-refractivity contribution in [2.75, 3.05) is 6.54 Å². The van der Waals surface area contributed by atoms with Crippen molar-refractivity contribution in [2.24, 2.45) is 0 Å². The van der Waals surface area contributed by atoms with E-state index in [1.807, 2.05) is 36.4 Å². The molecule has 0 spiro atoms. The first-order chi connectivity index (χ1) is 14.9. The maximum absolute atomic E-state index is 12.5. The van der Waals surface area contributed by atoms with Crippen LogP contribution in [0, 0.1) is 0 Å². The third kappa shape index (κ3) is 5.44. The van der Waals surface area contributed by atoms with Crippen molar-refractivity contribution in [2.45, 2.75) is 64.2 Å². The zero-order valence-electron chi connectivity index (χ0n) is 19.1. The van der Waals surface area contributed by atoms with Gasteiger partial charge in [0.25, 0.3) is 0 Å². The molecule has 1 N–H and O–H groups in total. The van der Waals surface area contributed by atoms with E-state index in [4.69, 9.17) is 9.47 Å². The highest BCUT2D eigenvalue weighted by atomic mass is 79.9. The number of carboxylic acid groups (broad SMARTS) is 1. The van der Waals surface area contributed by atoms with E-state index < -0.39 is 29.8 Å². The number of carbonyl (C=O) groups excluding carboxylic acids is 1. The summed E-state index contributed by atoms with van der Waals surface area (Å²) in [5.41, 5.74) is 1.42. The molecule has 1 saturated heterocycles. The molecule has 2 aromatic carbocycles. The third-order valence-corrected chi connectivity index (χ3v) is 6.24. The van der Waals surface area contributed by atoms with Gasteiger partial charge in [-0.15, -0.1) is 0 Å². The summed E-state index contributed by atoms with van der Waals surface area (Å²) in [5, 5.41) is 9.59. The molecule has 0 radical (unpaired) electrons. The zero-order chi connectivity index (χ0) is 23.7. The van der Waals surface area contributed by atoms with Gasteiger partial charge in [-0.2, -0.15) is 0 Å². The minimum absolute atomic E-state index is 0.148. The zero-order valence-corrected chi connectivity index (χ0v) is 20.7. The molecule has 1 aliphatic heterocycles. The molecule has 1 aliphatic rings. The van der Waals surface area contributed by atoms with Crippen molar-refractivity contribution in [3.63, 3.8) is 0 Å². The summed E-state index contributed by atoms with van der Waals surface area (Å²) >= 11 is 3.60. The molecule has 172 valence electrons. The monoisotopic (exact) mass is 503 g/mol. The molecule has 0 aromatic heterocycles. The maximum atomic E-state index is 12.5. The van der Waals surface area contributed by atoms with Crippen LogP contribution in [-0.4, -0.2) is 46.4 Å². The fraction of sp³-hybridized carbons (Fsp3) is 0.440. The molecular weight excluding hydrogens is 474 g/mol. The summed E-state index contributed by atoms with van der Waals surface area (Å²) < 4.78 is 12.3. The quantitative estimate of drug-likeness (QED) is 0.573. The van der Waals surface area contributed by atoms with Crippen molar-refractivity contribution in [1.29, 1.82) is 0 Å². The molecular formula is C25H30BrNO5. The Morgan fingerprint density at radius 2 is 1.69 bits per heavy atom. The second-order valence-electron chi connectivity index (χ2n) is 9.60. The van der Waals surface area contributed by atoms with Crippen LogP contribution in [0.3, 0.4) is 0 Å². The van der Waals surface area contributed by atoms with Gasteiger partial charge in [0, 0.05) is 11.8 Å². The summed E-state index contributed by atoms with van der Waals surface area (Å²) in [4.78, 5) is 25.5. The number of benzene rings is 2. The number of aliphatic carboxylic acids is 1. The molecule has 1 amide bonds. The minimum atomic E-state index is -1.07. The smallest absolute Gasteiger partial charge is 0.411 e. The average molecular weight is 504 g/mol. The predicted octanol–water partition coefficient (Wildman–Crippen LogP) is 5.62. The maximum Gasteiger partial charge on any atom is 0.411 e. The van der Waals surface area contributed by atoms with Crippen LogP contribution in [0.4, 0.5) is 4.79 Å². The number of nitrogens with zero attached hydrogens (tertiary/aromatic N) is 1. The van der Waals surface area contributed by atoms with Crippen molar-refractivity contribution in [1.82, 2.24) is 4.90 Å². The standard InChI is InChI=1S/C25H30BrNO5/c1-24(2,3)32-23(30)27-15-18(14-20(27)22(28)29)31-21-12-11-17(13-19(21)26)25(4,5)16-9-7-6-8-10-16/h6-13,18,20H,14-15H2,1-5H3,(H,28,29)/t18-,20-/m1/s1. The second kappa shape index (κ2) is 9.14. The third-order valence-electron chi connectivity index (χ3n) is 5.62. The number of rotatable bonds is 5. The summed E-state index contributed by atoms with van der Waals surface area (Å²) in [7, 11) is 0. The summed E-state index contributed by atoms with van der Waals surface area (Å²) in [6.07, 6.45) is -0.902. The van der Waals surface area contributed by atoms with Gasteiger partial charge in [0.05, 0.1) is 11.0 Å². The number of hydrogen-bond donors (Lipinski definition) is 1. The molecule has 1 fully saturated rings. The highest BCUT2D eigenvalue weighted by Crippen LogP contribution is 2.37. The van der Waals surface area contributed by atoms with Crippen LogP contribution in [0.15, 0.2) is 53.0 Å². The summed E-state index contributed by atoms with van der Waals surface area (Å²) in [6.45, 7) is 9.73. The molecule has 0 unspecified atom stereocenters. The van der Waals surface area contributed by atoms with Gasteiger partial charge in [-0.1, -0.05) is 50.2 Å². The number of likely N-dealkylation sites (tertiary alicyclic amines) is 1. The van der Waals surface area contributed by atoms with Crippen LogP contribution >= 0.6 is 15.9 Å². The van der Waals surface area contributed by atoms with Crippen LogP contribution in [0.1, 0.15) is 52.2 Å².